The number of nitrogens with one attached hydrogen (secondary N) is 1. The van der Waals surface area contributed by atoms with Crippen molar-refractivity contribution in [3.05, 3.63) is 65.2 Å². The number of nitrogens with zero attached hydrogens (tertiary/aromatic N) is 1. The summed E-state index contributed by atoms with van der Waals surface area (Å²) in [6.07, 6.45) is -0.811. The molecule has 0 aromatic heterocycles. The van der Waals surface area contributed by atoms with Crippen LogP contribution in [0.4, 0.5) is 4.79 Å². The van der Waals surface area contributed by atoms with Gasteiger partial charge in [-0.1, -0.05) is 26.0 Å². The molecule has 2 aromatic carbocycles. The molecule has 204 valence electrons. The lowest BCUT2D eigenvalue weighted by molar-refractivity contribution is -0.145. The van der Waals surface area contributed by atoms with Gasteiger partial charge in [0.25, 0.3) is 5.91 Å². The highest BCUT2D eigenvalue weighted by Crippen LogP contribution is 2.17. The molecule has 0 fully saturated rings. The van der Waals surface area contributed by atoms with E-state index in [-0.39, 0.29) is 30.8 Å². The van der Waals surface area contributed by atoms with Crippen LogP contribution in [0.3, 0.4) is 0 Å². The number of amidine groups is 1. The molecule has 0 aliphatic rings. The Hall–Kier alpha value is -4.21. The fraction of sp³-hybridized carbons (Fsp3) is 0.393. The molecule has 10 nitrogen and oxygen atoms in total. The number of Topliss-reactive ketones (excluding diaryl/α,β-unsaturated/α-hetero) is 1. The summed E-state index contributed by atoms with van der Waals surface area (Å²) >= 11 is 0. The van der Waals surface area contributed by atoms with Crippen LogP contribution in [-0.4, -0.2) is 54.4 Å². The van der Waals surface area contributed by atoms with Gasteiger partial charge in [0.2, 0.25) is 0 Å². The smallest absolute Gasteiger partial charge is 0.436 e. The molecule has 2 aromatic rings. The molecule has 38 heavy (non-hydrogen) atoms. The number of hydrogen-bond acceptors (Lipinski definition) is 7. The van der Waals surface area contributed by atoms with Gasteiger partial charge in [-0.15, -0.1) is 0 Å². The van der Waals surface area contributed by atoms with Gasteiger partial charge < -0.3 is 25.3 Å². The van der Waals surface area contributed by atoms with Gasteiger partial charge >= 0.3 is 12.1 Å². The van der Waals surface area contributed by atoms with Crippen LogP contribution in [0.5, 0.6) is 5.75 Å². The van der Waals surface area contributed by atoms with Gasteiger partial charge in [-0.2, -0.15) is 4.99 Å². The summed E-state index contributed by atoms with van der Waals surface area (Å²) in [5.41, 5.74) is 6.32. The van der Waals surface area contributed by atoms with Gasteiger partial charge in [-0.3, -0.25) is 9.59 Å². The molecule has 2 rings (SSSR count). The summed E-state index contributed by atoms with van der Waals surface area (Å²) in [6, 6.07) is 11.7. The van der Waals surface area contributed by atoms with E-state index in [2.05, 4.69) is 10.3 Å². The number of amides is 2. The Morgan fingerprint density at radius 3 is 2.00 bits per heavy atom. The first kappa shape index (κ1) is 30.0. The minimum Gasteiger partial charge on any atom is -0.482 e. The van der Waals surface area contributed by atoms with Crippen molar-refractivity contribution in [2.75, 3.05) is 13.2 Å². The van der Waals surface area contributed by atoms with Gasteiger partial charge in [-0.05, 0) is 70.0 Å². The molecule has 10 heteroatoms. The second-order valence-electron chi connectivity index (χ2n) is 9.73. The van der Waals surface area contributed by atoms with Gasteiger partial charge in [-0.25, -0.2) is 9.59 Å². The van der Waals surface area contributed by atoms with Gasteiger partial charge in [0.1, 0.15) is 17.2 Å². The van der Waals surface area contributed by atoms with Crippen LogP contribution in [0.25, 0.3) is 0 Å². The van der Waals surface area contributed by atoms with Crippen LogP contribution in [-0.2, 0) is 14.3 Å². The Morgan fingerprint density at radius 2 is 1.47 bits per heavy atom. The van der Waals surface area contributed by atoms with Crippen LogP contribution >= 0.6 is 0 Å². The molecular weight excluding hydrogens is 490 g/mol. The number of benzene rings is 2. The summed E-state index contributed by atoms with van der Waals surface area (Å²) in [7, 11) is 0. The molecular formula is C28H35N3O7. The first-order valence-electron chi connectivity index (χ1n) is 12.2. The zero-order valence-corrected chi connectivity index (χ0v) is 22.6. The van der Waals surface area contributed by atoms with Crippen molar-refractivity contribution in [1.82, 2.24) is 5.32 Å². The molecule has 0 spiro atoms. The topological polar surface area (TPSA) is 146 Å². The lowest BCUT2D eigenvalue weighted by Crippen LogP contribution is -2.44. The average molecular weight is 526 g/mol. The predicted molar refractivity (Wildman–Crippen MR) is 142 cm³/mol. The Kier molecular flexibility index (Phi) is 10.6. The van der Waals surface area contributed by atoms with Crippen LogP contribution in [0.2, 0.25) is 0 Å². The Balaban J connectivity index is 2.07. The van der Waals surface area contributed by atoms with E-state index in [0.717, 1.165) is 0 Å². The molecule has 0 aliphatic carbocycles. The molecule has 3 N–H and O–H groups in total. The van der Waals surface area contributed by atoms with Crippen molar-refractivity contribution in [1.29, 1.82) is 0 Å². The van der Waals surface area contributed by atoms with Crippen molar-refractivity contribution < 1.29 is 33.4 Å². The summed E-state index contributed by atoms with van der Waals surface area (Å²) in [5, 5.41) is 2.79. The van der Waals surface area contributed by atoms with Crippen molar-refractivity contribution in [3.63, 3.8) is 0 Å². The summed E-state index contributed by atoms with van der Waals surface area (Å²) in [4.78, 5) is 53.1. The van der Waals surface area contributed by atoms with Crippen LogP contribution in [0.15, 0.2) is 53.5 Å². The molecule has 1 atom stereocenters. The summed E-state index contributed by atoms with van der Waals surface area (Å²) < 4.78 is 15.3. The SMILES string of the molecule is CCOC(=O)COc1ccc(C(=O)C(NC(=O)c2ccc(/C(N)=N\C(=O)OC(C)(C)C)cc2)C(C)C)cc1. The van der Waals surface area contributed by atoms with Crippen molar-refractivity contribution in [3.8, 4) is 5.75 Å². The second-order valence-corrected chi connectivity index (χ2v) is 9.73. The number of esters is 1. The predicted octanol–water partition coefficient (Wildman–Crippen LogP) is 3.91. The number of ether oxygens (including phenoxy) is 3. The fourth-order valence-electron chi connectivity index (χ4n) is 3.24. The normalized spacial score (nSPS) is 12.4. The van der Waals surface area contributed by atoms with Gasteiger partial charge in [0.15, 0.2) is 12.4 Å². The zero-order valence-electron chi connectivity index (χ0n) is 22.6. The summed E-state index contributed by atoms with van der Waals surface area (Å²) in [5.74, 6) is -1.02. The Labute approximate surface area is 222 Å². The largest absolute Gasteiger partial charge is 0.482 e. The molecule has 2 amide bonds. The third kappa shape index (κ3) is 9.34. The number of nitrogens with two attached hydrogens (primary N) is 1. The first-order chi connectivity index (χ1) is 17.8. The van der Waals surface area contributed by atoms with Crippen LogP contribution < -0.4 is 15.8 Å². The minimum atomic E-state index is -0.811. The van der Waals surface area contributed by atoms with E-state index in [1.54, 1.807) is 64.1 Å². The number of ketones is 1. The van der Waals surface area contributed by atoms with Crippen molar-refractivity contribution in [2.24, 2.45) is 16.6 Å². The van der Waals surface area contributed by atoms with E-state index < -0.39 is 29.6 Å². The molecule has 0 saturated heterocycles. The van der Waals surface area contributed by atoms with E-state index in [4.69, 9.17) is 19.9 Å². The Bertz CT molecular complexity index is 1160. The van der Waals surface area contributed by atoms with Crippen LogP contribution in [0, 0.1) is 5.92 Å². The zero-order chi connectivity index (χ0) is 28.5. The third-order valence-corrected chi connectivity index (χ3v) is 5.08. The summed E-state index contributed by atoms with van der Waals surface area (Å²) in [6.45, 7) is 10.6. The monoisotopic (exact) mass is 525 g/mol. The fourth-order valence-corrected chi connectivity index (χ4v) is 3.24. The van der Waals surface area contributed by atoms with E-state index in [1.165, 1.54) is 12.1 Å². The molecule has 0 heterocycles. The number of hydrogen-bond donors (Lipinski definition) is 2. The first-order valence-corrected chi connectivity index (χ1v) is 12.2. The average Bonchev–Trinajstić information content (AvgIpc) is 2.84. The number of rotatable bonds is 10. The van der Waals surface area contributed by atoms with Crippen molar-refractivity contribution >= 4 is 29.6 Å². The second kappa shape index (κ2) is 13.4. The highest BCUT2D eigenvalue weighted by Gasteiger charge is 2.26. The maximum absolute atomic E-state index is 13.2. The quantitative estimate of drug-likeness (QED) is 0.205. The highest BCUT2D eigenvalue weighted by atomic mass is 16.6. The van der Waals surface area contributed by atoms with Gasteiger partial charge in [0.05, 0.1) is 12.6 Å². The minimum absolute atomic E-state index is 0.0453. The third-order valence-electron chi connectivity index (χ3n) is 5.08. The van der Waals surface area contributed by atoms with E-state index in [1.807, 2.05) is 13.8 Å². The number of carbonyl (C=O) groups is 4. The maximum atomic E-state index is 13.2. The number of aliphatic imine (C=N–C) groups is 1. The van der Waals surface area contributed by atoms with E-state index >= 15 is 0 Å². The molecule has 1 unspecified atom stereocenters. The lowest BCUT2D eigenvalue weighted by Gasteiger charge is -2.21. The lowest BCUT2D eigenvalue weighted by atomic mass is 9.94. The Morgan fingerprint density at radius 1 is 0.921 bits per heavy atom. The molecule has 0 bridgehead atoms. The van der Waals surface area contributed by atoms with Gasteiger partial charge in [0, 0.05) is 16.7 Å². The molecule has 0 radical (unpaired) electrons. The number of carbonyl (C=O) groups excluding carboxylic acids is 4. The maximum Gasteiger partial charge on any atom is 0.436 e. The molecule has 0 saturated carbocycles. The van der Waals surface area contributed by atoms with E-state index in [9.17, 15) is 19.2 Å². The standard InChI is InChI=1S/C28H35N3O7/c1-7-36-22(32)16-37-21-14-12-18(13-15-21)24(33)23(17(2)3)30-26(34)20-10-8-19(9-11-20)25(29)31-27(35)38-28(4,5)6/h8-15,17,23H,7,16H2,1-6H3,(H,30,34)(H2,29,31,35). The van der Waals surface area contributed by atoms with Crippen LogP contribution in [0.1, 0.15) is 67.8 Å². The van der Waals surface area contributed by atoms with Crippen molar-refractivity contribution in [2.45, 2.75) is 53.2 Å². The van der Waals surface area contributed by atoms with E-state index in [0.29, 0.717) is 22.4 Å². The molecule has 0 aliphatic heterocycles. The highest BCUT2D eigenvalue weighted by molar-refractivity contribution is 6.06.